The lowest BCUT2D eigenvalue weighted by atomic mass is 9.74. The van der Waals surface area contributed by atoms with E-state index in [4.69, 9.17) is 10.00 Å². The minimum Gasteiger partial charge on any atom is -0.377 e. The summed E-state index contributed by atoms with van der Waals surface area (Å²) in [4.78, 5) is 13.0. The summed E-state index contributed by atoms with van der Waals surface area (Å²) < 4.78 is 6.47. The van der Waals surface area contributed by atoms with Crippen LogP contribution in [0.25, 0.3) is 0 Å². The summed E-state index contributed by atoms with van der Waals surface area (Å²) in [5, 5.41) is 21.9. The van der Waals surface area contributed by atoms with Crippen LogP contribution in [0.3, 0.4) is 0 Å². The van der Waals surface area contributed by atoms with Gasteiger partial charge in [0.15, 0.2) is 6.17 Å². The molecule has 1 saturated heterocycles. The van der Waals surface area contributed by atoms with Crippen LogP contribution in [0.5, 0.6) is 0 Å². The molecule has 0 aromatic rings. The first-order valence-electron chi connectivity index (χ1n) is 12.9. The maximum Gasteiger partial charge on any atom is 0.267 e. The number of rotatable bonds is 5. The first-order chi connectivity index (χ1) is 16.4. The second kappa shape index (κ2) is 9.39. The SMILES string of the molecule is CCC1(C)CC(C2C=CC(NC(=O)C3NC=C(C#N)N3)=C(C3=CCC(C)(C)CC3)N2)CC(C)(C)O1. The molecule has 7 heteroatoms. The largest absolute Gasteiger partial charge is 0.377 e. The number of amides is 1. The van der Waals surface area contributed by atoms with Crippen molar-refractivity contribution in [1.82, 2.24) is 21.3 Å². The molecule has 4 aliphatic rings. The third kappa shape index (κ3) is 5.75. The van der Waals surface area contributed by atoms with Crippen LogP contribution in [0, 0.1) is 22.7 Å². The number of hydrogen-bond acceptors (Lipinski definition) is 6. The van der Waals surface area contributed by atoms with Crippen molar-refractivity contribution in [3.63, 3.8) is 0 Å². The number of nitrogens with one attached hydrogen (secondary N) is 4. The van der Waals surface area contributed by atoms with Gasteiger partial charge >= 0.3 is 0 Å². The van der Waals surface area contributed by atoms with E-state index < -0.39 is 6.17 Å². The number of ether oxygens (including phenoxy) is 1. The minimum absolute atomic E-state index is 0.139. The highest BCUT2D eigenvalue weighted by molar-refractivity contribution is 5.84. The maximum absolute atomic E-state index is 13.0. The van der Waals surface area contributed by atoms with Crippen LogP contribution >= 0.6 is 0 Å². The maximum atomic E-state index is 13.0. The van der Waals surface area contributed by atoms with E-state index in [1.165, 1.54) is 11.8 Å². The number of nitrogens with zero attached hydrogens (tertiary/aromatic N) is 1. The Kier molecular flexibility index (Phi) is 6.80. The second-order valence-corrected chi connectivity index (χ2v) is 12.2. The number of hydrogen-bond donors (Lipinski definition) is 4. The van der Waals surface area contributed by atoms with Crippen molar-refractivity contribution >= 4 is 5.91 Å². The molecule has 0 aromatic heterocycles. The Balaban J connectivity index is 1.58. The lowest BCUT2D eigenvalue weighted by Crippen LogP contribution is -2.52. The monoisotopic (exact) mass is 479 g/mol. The van der Waals surface area contributed by atoms with Crippen molar-refractivity contribution in [2.45, 2.75) is 103 Å². The number of allylic oxidation sites excluding steroid dienone is 4. The average molecular weight is 480 g/mol. The summed E-state index contributed by atoms with van der Waals surface area (Å²) in [6.45, 7) is 13.4. The summed E-state index contributed by atoms with van der Waals surface area (Å²) in [6.07, 6.45) is 13.5. The van der Waals surface area contributed by atoms with Crippen LogP contribution in [0.15, 0.2) is 47.1 Å². The average Bonchev–Trinajstić information content (AvgIpc) is 3.28. The fourth-order valence-electron chi connectivity index (χ4n) is 5.82. The third-order valence-corrected chi connectivity index (χ3v) is 7.90. The number of carbonyl (C=O) groups is 1. The van der Waals surface area contributed by atoms with E-state index in [1.54, 1.807) is 0 Å². The van der Waals surface area contributed by atoms with Gasteiger partial charge in [0.25, 0.3) is 5.91 Å². The van der Waals surface area contributed by atoms with Crippen molar-refractivity contribution < 1.29 is 9.53 Å². The topological polar surface area (TPSA) is 98.2 Å². The van der Waals surface area contributed by atoms with Gasteiger partial charge in [0.1, 0.15) is 11.8 Å². The lowest BCUT2D eigenvalue weighted by Gasteiger charge is -2.49. The molecule has 0 bridgehead atoms. The second-order valence-electron chi connectivity index (χ2n) is 12.2. The molecule has 0 saturated carbocycles. The van der Waals surface area contributed by atoms with Crippen LogP contribution in [-0.4, -0.2) is 29.3 Å². The van der Waals surface area contributed by atoms with Crippen LogP contribution in [0.2, 0.25) is 0 Å². The van der Waals surface area contributed by atoms with Crippen molar-refractivity contribution in [1.29, 1.82) is 5.26 Å². The van der Waals surface area contributed by atoms with Gasteiger partial charge in [-0.2, -0.15) is 5.26 Å². The molecule has 4 unspecified atom stereocenters. The summed E-state index contributed by atoms with van der Waals surface area (Å²) >= 11 is 0. The highest BCUT2D eigenvalue weighted by atomic mass is 16.5. The number of carbonyl (C=O) groups excluding carboxylic acids is 1. The zero-order valence-corrected chi connectivity index (χ0v) is 22.0. The van der Waals surface area contributed by atoms with E-state index in [0.717, 1.165) is 49.9 Å². The summed E-state index contributed by atoms with van der Waals surface area (Å²) in [7, 11) is 0. The minimum atomic E-state index is -0.662. The zero-order valence-electron chi connectivity index (χ0n) is 22.0. The Morgan fingerprint density at radius 3 is 2.63 bits per heavy atom. The molecule has 35 heavy (non-hydrogen) atoms. The molecular weight excluding hydrogens is 438 g/mol. The van der Waals surface area contributed by atoms with Crippen molar-refractivity contribution in [3.05, 3.63) is 47.1 Å². The van der Waals surface area contributed by atoms with Crippen LogP contribution in [-0.2, 0) is 9.53 Å². The molecular formula is C28H41N5O2. The smallest absolute Gasteiger partial charge is 0.267 e. The van der Waals surface area contributed by atoms with Gasteiger partial charge in [0.2, 0.25) is 0 Å². The highest BCUT2D eigenvalue weighted by Crippen LogP contribution is 2.43. The highest BCUT2D eigenvalue weighted by Gasteiger charge is 2.44. The Morgan fingerprint density at radius 1 is 1.23 bits per heavy atom. The Hall–Kier alpha value is -2.72. The van der Waals surface area contributed by atoms with Gasteiger partial charge in [-0.25, -0.2) is 0 Å². The number of dihydropyridines is 1. The van der Waals surface area contributed by atoms with E-state index in [1.807, 2.05) is 6.07 Å². The van der Waals surface area contributed by atoms with Crippen LogP contribution in [0.4, 0.5) is 0 Å². The molecule has 4 rings (SSSR count). The van der Waals surface area contributed by atoms with E-state index in [0.29, 0.717) is 17.0 Å². The van der Waals surface area contributed by atoms with Crippen molar-refractivity contribution in [3.8, 4) is 6.07 Å². The van der Waals surface area contributed by atoms with Gasteiger partial charge in [-0.1, -0.05) is 32.9 Å². The van der Waals surface area contributed by atoms with Crippen LogP contribution < -0.4 is 21.3 Å². The fourth-order valence-corrected chi connectivity index (χ4v) is 5.82. The molecule has 0 aromatic carbocycles. The quantitative estimate of drug-likeness (QED) is 0.471. The molecule has 0 radical (unpaired) electrons. The molecule has 7 nitrogen and oxygen atoms in total. The van der Waals surface area contributed by atoms with E-state index in [2.05, 4.69) is 81.0 Å². The fraction of sp³-hybridized carbons (Fsp3) is 0.643. The number of nitriles is 1. The lowest BCUT2D eigenvalue weighted by molar-refractivity contribution is -0.184. The first-order valence-corrected chi connectivity index (χ1v) is 12.9. The van der Waals surface area contributed by atoms with Gasteiger partial charge < -0.3 is 26.0 Å². The van der Waals surface area contributed by atoms with Crippen LogP contribution in [0.1, 0.15) is 80.1 Å². The molecule has 1 amide bonds. The molecule has 3 aliphatic heterocycles. The molecule has 1 aliphatic carbocycles. The predicted molar refractivity (Wildman–Crippen MR) is 137 cm³/mol. The van der Waals surface area contributed by atoms with E-state index in [9.17, 15) is 4.79 Å². The Labute approximate surface area is 210 Å². The predicted octanol–water partition coefficient (Wildman–Crippen LogP) is 4.24. The van der Waals surface area contributed by atoms with Gasteiger partial charge in [-0.3, -0.25) is 4.79 Å². The first kappa shape index (κ1) is 25.4. The van der Waals surface area contributed by atoms with Gasteiger partial charge in [-0.15, -0.1) is 0 Å². The summed E-state index contributed by atoms with van der Waals surface area (Å²) in [6, 6.07) is 2.20. The molecule has 0 spiro atoms. The zero-order chi connectivity index (χ0) is 25.4. The molecule has 3 heterocycles. The van der Waals surface area contributed by atoms with Gasteiger partial charge in [-0.05, 0) is 82.3 Å². The Morgan fingerprint density at radius 2 is 2.00 bits per heavy atom. The summed E-state index contributed by atoms with van der Waals surface area (Å²) in [5.74, 6) is 0.208. The molecule has 190 valence electrons. The standard InChI is InChI=1S/C28H41N5O2/c1-7-28(6)15-19(14-27(4,5)35-28)21-8-9-22(33-25(34)24-30-17-20(16-29)31-24)23(32-21)18-10-12-26(2,3)13-11-18/h8-10,17,19,21,24,30-32H,7,11-15H2,1-6H3,(H,33,34). The van der Waals surface area contributed by atoms with E-state index >= 15 is 0 Å². The molecule has 4 atom stereocenters. The van der Waals surface area contributed by atoms with E-state index in [-0.39, 0.29) is 23.2 Å². The van der Waals surface area contributed by atoms with Gasteiger partial charge in [0, 0.05) is 12.2 Å². The summed E-state index contributed by atoms with van der Waals surface area (Å²) in [5.41, 5.74) is 3.41. The third-order valence-electron chi connectivity index (χ3n) is 7.90. The Bertz CT molecular complexity index is 1030. The normalized spacial score (nSPS) is 33.5. The molecule has 4 N–H and O–H groups in total. The van der Waals surface area contributed by atoms with Crippen molar-refractivity contribution in [2.24, 2.45) is 11.3 Å². The molecule has 1 fully saturated rings. The van der Waals surface area contributed by atoms with Crippen molar-refractivity contribution in [2.75, 3.05) is 0 Å². The van der Waals surface area contributed by atoms with Gasteiger partial charge in [0.05, 0.1) is 22.6 Å².